The Kier molecular flexibility index (Phi) is 5.12. The molecule has 0 bridgehead atoms. The van der Waals surface area contributed by atoms with E-state index in [1.165, 1.54) is 37.3 Å². The summed E-state index contributed by atoms with van der Waals surface area (Å²) in [6, 6.07) is 51.7. The van der Waals surface area contributed by atoms with Crippen LogP contribution in [0.25, 0.3) is 86.8 Å². The molecule has 5 heteroatoms. The lowest BCUT2D eigenvalue weighted by atomic mass is 10.1. The quantitative estimate of drug-likeness (QED) is 0.205. The second-order valence-electron chi connectivity index (χ2n) is 11.4. The molecular weight excluding hydrogens is 569 g/mol. The molecule has 0 saturated carbocycles. The minimum absolute atomic E-state index is 0.728. The molecule has 0 spiro atoms. The molecule has 0 radical (unpaired) electrons. The van der Waals surface area contributed by atoms with Crippen molar-refractivity contribution in [1.29, 1.82) is 0 Å². The van der Waals surface area contributed by atoms with Gasteiger partial charge >= 0.3 is 0 Å². The summed E-state index contributed by atoms with van der Waals surface area (Å²) < 4.78 is 7.03. The molecule has 0 aliphatic rings. The van der Waals surface area contributed by atoms with Crippen LogP contribution in [-0.4, -0.2) is 19.1 Å². The highest BCUT2D eigenvalue weighted by Gasteiger charge is 2.21. The number of para-hydroxylation sites is 3. The Morgan fingerprint density at radius 3 is 1.69 bits per heavy atom. The van der Waals surface area contributed by atoms with Crippen molar-refractivity contribution in [3.63, 3.8) is 0 Å². The van der Waals surface area contributed by atoms with Crippen LogP contribution in [0.4, 0.5) is 0 Å². The Morgan fingerprint density at radius 1 is 0.444 bits per heavy atom. The van der Waals surface area contributed by atoms with E-state index >= 15 is 0 Å². The first-order chi connectivity index (χ1) is 22.3. The molecule has 0 aliphatic carbocycles. The molecule has 4 aromatic heterocycles. The van der Waals surface area contributed by atoms with Gasteiger partial charge in [0.05, 0.1) is 32.3 Å². The zero-order valence-electron chi connectivity index (χ0n) is 24.1. The van der Waals surface area contributed by atoms with E-state index in [9.17, 15) is 0 Å². The predicted molar refractivity (Wildman–Crippen MR) is 189 cm³/mol. The number of rotatable bonds is 3. The SMILES string of the molecule is c1ccc(-c2nc(-n3c4ccccc4c4ccc(-n5c6ccccc6c6ccccc65)cc43)c3sc4ccccc4c3n2)cc1. The minimum Gasteiger partial charge on any atom is -0.309 e. The second kappa shape index (κ2) is 9.36. The lowest BCUT2D eigenvalue weighted by Crippen LogP contribution is -2.02. The molecule has 0 N–H and O–H groups in total. The molecule has 10 aromatic rings. The van der Waals surface area contributed by atoms with Gasteiger partial charge in [-0.2, -0.15) is 0 Å². The lowest BCUT2D eigenvalue weighted by Gasteiger charge is -2.12. The van der Waals surface area contributed by atoms with Crippen LogP contribution in [0.3, 0.4) is 0 Å². The fourth-order valence-corrected chi connectivity index (χ4v) is 8.09. The van der Waals surface area contributed by atoms with E-state index in [1.54, 1.807) is 11.3 Å². The van der Waals surface area contributed by atoms with Crippen LogP contribution in [0, 0.1) is 0 Å². The highest BCUT2D eigenvalue weighted by atomic mass is 32.1. The van der Waals surface area contributed by atoms with Gasteiger partial charge in [-0.25, -0.2) is 9.97 Å². The number of nitrogens with zero attached hydrogens (tertiary/aromatic N) is 4. The van der Waals surface area contributed by atoms with Crippen molar-refractivity contribution in [1.82, 2.24) is 19.1 Å². The Bertz CT molecular complexity index is 2710. The monoisotopic (exact) mass is 592 g/mol. The van der Waals surface area contributed by atoms with Crippen molar-refractivity contribution in [2.75, 3.05) is 0 Å². The summed E-state index contributed by atoms with van der Waals surface area (Å²) >= 11 is 1.76. The van der Waals surface area contributed by atoms with E-state index in [0.717, 1.165) is 49.5 Å². The van der Waals surface area contributed by atoms with Gasteiger partial charge in [-0.3, -0.25) is 4.57 Å². The summed E-state index contributed by atoms with van der Waals surface area (Å²) in [6.45, 7) is 0. The van der Waals surface area contributed by atoms with E-state index in [-0.39, 0.29) is 0 Å². The molecule has 210 valence electrons. The first kappa shape index (κ1) is 24.6. The Hall–Kier alpha value is -5.78. The van der Waals surface area contributed by atoms with E-state index < -0.39 is 0 Å². The van der Waals surface area contributed by atoms with Crippen LogP contribution in [0.1, 0.15) is 0 Å². The van der Waals surface area contributed by atoms with Gasteiger partial charge in [0.2, 0.25) is 0 Å². The largest absolute Gasteiger partial charge is 0.309 e. The van der Waals surface area contributed by atoms with Crippen LogP contribution in [0.15, 0.2) is 146 Å². The number of hydrogen-bond donors (Lipinski definition) is 0. The highest BCUT2D eigenvalue weighted by Crippen LogP contribution is 2.41. The highest BCUT2D eigenvalue weighted by molar-refractivity contribution is 7.26. The van der Waals surface area contributed by atoms with E-state index in [2.05, 4.69) is 137 Å². The zero-order chi connectivity index (χ0) is 29.5. The molecule has 4 heterocycles. The third-order valence-corrected chi connectivity index (χ3v) is 10.1. The second-order valence-corrected chi connectivity index (χ2v) is 12.5. The van der Waals surface area contributed by atoms with Crippen molar-refractivity contribution in [2.24, 2.45) is 0 Å². The van der Waals surface area contributed by atoms with Gasteiger partial charge < -0.3 is 4.57 Å². The molecule has 0 saturated heterocycles. The molecule has 6 aromatic carbocycles. The maximum atomic E-state index is 5.36. The molecule has 0 fully saturated rings. The van der Waals surface area contributed by atoms with Crippen LogP contribution in [0.2, 0.25) is 0 Å². The average molecular weight is 593 g/mol. The van der Waals surface area contributed by atoms with Crippen LogP contribution in [-0.2, 0) is 0 Å². The summed E-state index contributed by atoms with van der Waals surface area (Å²) in [4.78, 5) is 10.5. The smallest absolute Gasteiger partial charge is 0.162 e. The van der Waals surface area contributed by atoms with Crippen LogP contribution in [0.5, 0.6) is 0 Å². The van der Waals surface area contributed by atoms with E-state index in [4.69, 9.17) is 9.97 Å². The van der Waals surface area contributed by atoms with Crippen molar-refractivity contribution < 1.29 is 0 Å². The predicted octanol–water partition coefficient (Wildman–Crippen LogP) is 10.7. The van der Waals surface area contributed by atoms with Gasteiger partial charge in [-0.05, 0) is 36.4 Å². The Balaban J connectivity index is 1.35. The van der Waals surface area contributed by atoms with Crippen LogP contribution < -0.4 is 0 Å². The van der Waals surface area contributed by atoms with Gasteiger partial charge in [0.1, 0.15) is 0 Å². The third-order valence-electron chi connectivity index (χ3n) is 8.94. The van der Waals surface area contributed by atoms with E-state index in [0.29, 0.717) is 0 Å². The van der Waals surface area contributed by atoms with E-state index in [1.807, 2.05) is 18.2 Å². The van der Waals surface area contributed by atoms with Crippen molar-refractivity contribution in [3.05, 3.63) is 146 Å². The summed E-state index contributed by atoms with van der Waals surface area (Å²) in [5, 5.41) is 6.07. The number of hydrogen-bond acceptors (Lipinski definition) is 3. The summed E-state index contributed by atoms with van der Waals surface area (Å²) in [6.07, 6.45) is 0. The summed E-state index contributed by atoms with van der Waals surface area (Å²) in [7, 11) is 0. The molecule has 0 aliphatic heterocycles. The zero-order valence-corrected chi connectivity index (χ0v) is 24.9. The first-order valence-electron chi connectivity index (χ1n) is 15.1. The summed E-state index contributed by atoms with van der Waals surface area (Å²) in [5.41, 5.74) is 7.75. The Morgan fingerprint density at radius 2 is 1.00 bits per heavy atom. The van der Waals surface area contributed by atoms with Gasteiger partial charge in [0, 0.05) is 42.9 Å². The molecule has 0 amide bonds. The average Bonchev–Trinajstić information content (AvgIpc) is 3.76. The normalized spacial score (nSPS) is 12.0. The molecule has 45 heavy (non-hydrogen) atoms. The Labute approximate surface area is 262 Å². The molecule has 4 nitrogen and oxygen atoms in total. The number of fused-ring (bicyclic) bond motifs is 9. The number of benzene rings is 6. The maximum Gasteiger partial charge on any atom is 0.162 e. The first-order valence-corrected chi connectivity index (χ1v) is 15.9. The molecule has 10 rings (SSSR count). The fourth-order valence-electron chi connectivity index (χ4n) is 6.97. The lowest BCUT2D eigenvalue weighted by molar-refractivity contribution is 1.08. The van der Waals surface area contributed by atoms with Gasteiger partial charge in [0.25, 0.3) is 0 Å². The fraction of sp³-hybridized carbons (Fsp3) is 0. The van der Waals surface area contributed by atoms with Crippen molar-refractivity contribution in [2.45, 2.75) is 0 Å². The van der Waals surface area contributed by atoms with Crippen molar-refractivity contribution >= 4 is 75.3 Å². The van der Waals surface area contributed by atoms with Crippen LogP contribution >= 0.6 is 11.3 Å². The number of aromatic nitrogens is 4. The minimum atomic E-state index is 0.728. The molecule has 0 unspecified atom stereocenters. The topological polar surface area (TPSA) is 35.6 Å². The summed E-state index contributed by atoms with van der Waals surface area (Å²) in [5.74, 6) is 1.64. The van der Waals surface area contributed by atoms with Crippen molar-refractivity contribution in [3.8, 4) is 22.9 Å². The van der Waals surface area contributed by atoms with Gasteiger partial charge in [0.15, 0.2) is 11.6 Å². The third kappa shape index (κ3) is 3.53. The number of thiophene rings is 1. The van der Waals surface area contributed by atoms with Gasteiger partial charge in [-0.1, -0.05) is 109 Å². The molecular formula is C40H24N4S. The standard InChI is InChI=1S/C40H24N4S/c1-2-12-25(13-3-1)39-41-37-31-17-7-11-21-36(31)45-38(37)40(42-39)44-34-20-10-6-16-29(34)30-23-22-26(24-35(30)44)43-32-18-8-4-14-27(32)28-15-5-9-19-33(28)43/h1-24H. The van der Waals surface area contributed by atoms with Gasteiger partial charge in [-0.15, -0.1) is 11.3 Å². The molecule has 0 atom stereocenters. The maximum absolute atomic E-state index is 5.36.